The van der Waals surface area contributed by atoms with Crippen LogP contribution in [0.1, 0.15) is 28.4 Å². The summed E-state index contributed by atoms with van der Waals surface area (Å²) in [5.74, 6) is -1.36. The van der Waals surface area contributed by atoms with Crippen LogP contribution in [0, 0.1) is 5.82 Å². The van der Waals surface area contributed by atoms with Gasteiger partial charge in [0.15, 0.2) is 12.4 Å². The smallest absolute Gasteiger partial charge is 0.310 e. The van der Waals surface area contributed by atoms with E-state index in [9.17, 15) is 22.4 Å². The SMILES string of the molecule is C[C@@H]1Cc2cc(C(=O)COC(=O)Cc3ccc(F)cc3)ccc2N1S(C)(=O)=O. The number of benzene rings is 2. The number of anilines is 1. The number of Topliss-reactive ketones (excluding diaryl/α,β-unsaturated/α-hetero) is 1. The summed E-state index contributed by atoms with van der Waals surface area (Å²) in [4.78, 5) is 24.2. The van der Waals surface area contributed by atoms with E-state index in [4.69, 9.17) is 4.74 Å². The fraction of sp³-hybridized carbons (Fsp3) is 0.300. The summed E-state index contributed by atoms with van der Waals surface area (Å²) < 4.78 is 43.1. The molecule has 0 saturated carbocycles. The van der Waals surface area contributed by atoms with Crippen LogP contribution >= 0.6 is 0 Å². The first-order chi connectivity index (χ1) is 13.1. The number of halogens is 1. The normalized spacial score (nSPS) is 16.0. The van der Waals surface area contributed by atoms with E-state index in [0.29, 0.717) is 23.2 Å². The maximum Gasteiger partial charge on any atom is 0.310 e. The number of rotatable bonds is 6. The minimum Gasteiger partial charge on any atom is -0.457 e. The Bertz CT molecular complexity index is 1020. The fourth-order valence-electron chi connectivity index (χ4n) is 3.33. The van der Waals surface area contributed by atoms with Gasteiger partial charge in [-0.05, 0) is 54.8 Å². The number of esters is 1. The number of ether oxygens (including phenoxy) is 1. The Morgan fingerprint density at radius 3 is 2.50 bits per heavy atom. The van der Waals surface area contributed by atoms with Crippen molar-refractivity contribution in [1.82, 2.24) is 0 Å². The van der Waals surface area contributed by atoms with Crippen molar-refractivity contribution in [3.8, 4) is 0 Å². The van der Waals surface area contributed by atoms with Crippen molar-refractivity contribution in [2.45, 2.75) is 25.8 Å². The van der Waals surface area contributed by atoms with Gasteiger partial charge in [0.2, 0.25) is 10.0 Å². The molecule has 6 nitrogen and oxygen atoms in total. The second kappa shape index (κ2) is 7.71. The minimum absolute atomic E-state index is 0.0570. The van der Waals surface area contributed by atoms with Crippen LogP contribution in [-0.4, -0.2) is 39.1 Å². The van der Waals surface area contributed by atoms with Gasteiger partial charge in [0.05, 0.1) is 18.4 Å². The predicted molar refractivity (Wildman–Crippen MR) is 102 cm³/mol. The molecule has 0 bridgehead atoms. The molecule has 0 saturated heterocycles. The van der Waals surface area contributed by atoms with Gasteiger partial charge in [0.1, 0.15) is 5.82 Å². The van der Waals surface area contributed by atoms with Gasteiger partial charge in [0, 0.05) is 11.6 Å². The average molecular weight is 405 g/mol. The summed E-state index contributed by atoms with van der Waals surface area (Å²) in [6.07, 6.45) is 1.60. The Hall–Kier alpha value is -2.74. The average Bonchev–Trinajstić information content (AvgIpc) is 2.96. The standard InChI is InChI=1S/C20H20FNO5S/c1-13-9-16-11-15(5-8-18(16)22(13)28(2,25)26)19(23)12-27-20(24)10-14-3-6-17(21)7-4-14/h3-8,11,13H,9-10,12H2,1-2H3/t13-/m1/s1. The van der Waals surface area contributed by atoms with Gasteiger partial charge in [0.25, 0.3) is 0 Å². The van der Waals surface area contributed by atoms with Crippen molar-refractivity contribution in [3.05, 3.63) is 65.0 Å². The highest BCUT2D eigenvalue weighted by molar-refractivity contribution is 7.92. The molecule has 1 heterocycles. The summed E-state index contributed by atoms with van der Waals surface area (Å²) in [5, 5.41) is 0. The van der Waals surface area contributed by atoms with Crippen molar-refractivity contribution in [2.75, 3.05) is 17.2 Å². The van der Waals surface area contributed by atoms with E-state index in [1.807, 2.05) is 0 Å². The Labute approximate surface area is 163 Å². The van der Waals surface area contributed by atoms with Crippen LogP contribution in [0.15, 0.2) is 42.5 Å². The fourth-order valence-corrected chi connectivity index (χ4v) is 4.59. The maximum atomic E-state index is 12.9. The molecule has 0 fully saturated rings. The number of carbonyl (C=O) groups excluding carboxylic acids is 2. The molecule has 0 N–H and O–H groups in total. The Morgan fingerprint density at radius 1 is 1.18 bits per heavy atom. The summed E-state index contributed by atoms with van der Waals surface area (Å²) in [7, 11) is -3.40. The van der Waals surface area contributed by atoms with E-state index in [-0.39, 0.29) is 18.2 Å². The van der Waals surface area contributed by atoms with E-state index >= 15 is 0 Å². The third kappa shape index (κ3) is 4.39. The second-order valence-corrected chi connectivity index (χ2v) is 8.70. The van der Waals surface area contributed by atoms with Gasteiger partial charge in [-0.15, -0.1) is 0 Å². The first-order valence-electron chi connectivity index (χ1n) is 8.71. The molecule has 0 spiro atoms. The lowest BCUT2D eigenvalue weighted by atomic mass is 10.0. The number of nitrogens with zero attached hydrogens (tertiary/aromatic N) is 1. The van der Waals surface area contributed by atoms with Crippen LogP contribution in [0.4, 0.5) is 10.1 Å². The zero-order valence-electron chi connectivity index (χ0n) is 15.5. The summed E-state index contributed by atoms with van der Waals surface area (Å²) in [5.41, 5.74) is 2.28. The van der Waals surface area contributed by atoms with Crippen LogP contribution < -0.4 is 4.31 Å². The van der Waals surface area contributed by atoms with Crippen LogP contribution in [0.5, 0.6) is 0 Å². The molecule has 1 atom stereocenters. The van der Waals surface area contributed by atoms with Gasteiger partial charge in [-0.3, -0.25) is 13.9 Å². The molecule has 1 aliphatic rings. The van der Waals surface area contributed by atoms with E-state index in [2.05, 4.69) is 0 Å². The number of carbonyl (C=O) groups is 2. The predicted octanol–water partition coefficient (Wildman–Crippen LogP) is 2.50. The molecule has 148 valence electrons. The summed E-state index contributed by atoms with van der Waals surface area (Å²) in [6.45, 7) is 1.39. The van der Waals surface area contributed by atoms with E-state index in [1.54, 1.807) is 19.1 Å². The first-order valence-corrected chi connectivity index (χ1v) is 10.6. The molecule has 0 aromatic heterocycles. The summed E-state index contributed by atoms with van der Waals surface area (Å²) in [6, 6.07) is 10.0. The molecular weight excluding hydrogens is 385 g/mol. The second-order valence-electron chi connectivity index (χ2n) is 6.84. The molecule has 0 aliphatic carbocycles. The van der Waals surface area contributed by atoms with Crippen LogP contribution in [0.2, 0.25) is 0 Å². The third-order valence-electron chi connectivity index (χ3n) is 4.54. The van der Waals surface area contributed by atoms with E-state index < -0.39 is 28.4 Å². The molecule has 1 aliphatic heterocycles. The van der Waals surface area contributed by atoms with Gasteiger partial charge >= 0.3 is 5.97 Å². The lowest BCUT2D eigenvalue weighted by molar-refractivity contribution is -0.141. The van der Waals surface area contributed by atoms with Gasteiger partial charge in [-0.2, -0.15) is 0 Å². The molecule has 0 unspecified atom stereocenters. The Kier molecular flexibility index (Phi) is 5.51. The molecule has 28 heavy (non-hydrogen) atoms. The highest BCUT2D eigenvalue weighted by Crippen LogP contribution is 2.34. The molecule has 0 radical (unpaired) electrons. The Balaban J connectivity index is 1.63. The monoisotopic (exact) mass is 405 g/mol. The quantitative estimate of drug-likeness (QED) is 0.545. The lowest BCUT2D eigenvalue weighted by Crippen LogP contribution is -2.34. The van der Waals surface area contributed by atoms with Crippen LogP contribution in [0.3, 0.4) is 0 Å². The highest BCUT2D eigenvalue weighted by atomic mass is 32.2. The van der Waals surface area contributed by atoms with Crippen molar-refractivity contribution < 1.29 is 27.1 Å². The van der Waals surface area contributed by atoms with Gasteiger partial charge < -0.3 is 4.74 Å². The molecule has 0 amide bonds. The van der Waals surface area contributed by atoms with Crippen molar-refractivity contribution in [2.24, 2.45) is 0 Å². The topological polar surface area (TPSA) is 80.8 Å². The summed E-state index contributed by atoms with van der Waals surface area (Å²) >= 11 is 0. The lowest BCUT2D eigenvalue weighted by Gasteiger charge is -2.21. The number of hydrogen-bond donors (Lipinski definition) is 0. The van der Waals surface area contributed by atoms with Crippen molar-refractivity contribution >= 4 is 27.5 Å². The van der Waals surface area contributed by atoms with Gasteiger partial charge in [-0.1, -0.05) is 12.1 Å². The molecule has 2 aromatic rings. The number of hydrogen-bond acceptors (Lipinski definition) is 5. The largest absolute Gasteiger partial charge is 0.457 e. The molecule has 8 heteroatoms. The molecule has 2 aromatic carbocycles. The number of fused-ring (bicyclic) bond motifs is 1. The van der Waals surface area contributed by atoms with E-state index in [0.717, 1.165) is 11.8 Å². The van der Waals surface area contributed by atoms with E-state index in [1.165, 1.54) is 34.6 Å². The van der Waals surface area contributed by atoms with Crippen LogP contribution in [0.25, 0.3) is 0 Å². The minimum atomic E-state index is -3.40. The zero-order valence-corrected chi connectivity index (χ0v) is 16.3. The van der Waals surface area contributed by atoms with Gasteiger partial charge in [-0.25, -0.2) is 12.8 Å². The Morgan fingerprint density at radius 2 is 1.86 bits per heavy atom. The number of ketones is 1. The number of sulfonamides is 1. The first kappa shape index (κ1) is 20.0. The maximum absolute atomic E-state index is 12.9. The highest BCUT2D eigenvalue weighted by Gasteiger charge is 2.32. The third-order valence-corrected chi connectivity index (χ3v) is 5.81. The van der Waals surface area contributed by atoms with Crippen molar-refractivity contribution in [3.63, 3.8) is 0 Å². The van der Waals surface area contributed by atoms with Crippen LogP contribution in [-0.2, 0) is 32.4 Å². The zero-order chi connectivity index (χ0) is 20.5. The van der Waals surface area contributed by atoms with Crippen molar-refractivity contribution in [1.29, 1.82) is 0 Å². The molecular formula is C20H20FNO5S. The molecule has 3 rings (SSSR count).